The lowest BCUT2D eigenvalue weighted by Crippen LogP contribution is -2.18. The first-order valence-electron chi connectivity index (χ1n) is 8.86. The van der Waals surface area contributed by atoms with Gasteiger partial charge in [-0.3, -0.25) is 4.79 Å². The van der Waals surface area contributed by atoms with E-state index < -0.39 is 5.92 Å². The van der Waals surface area contributed by atoms with Gasteiger partial charge in [-0.2, -0.15) is 0 Å². The van der Waals surface area contributed by atoms with Gasteiger partial charge in [0.2, 0.25) is 0 Å². The van der Waals surface area contributed by atoms with Gasteiger partial charge in [0.05, 0.1) is 18.5 Å². The highest BCUT2D eigenvalue weighted by Gasteiger charge is 2.31. The third-order valence-electron chi connectivity index (χ3n) is 4.77. The fourth-order valence-corrected chi connectivity index (χ4v) is 3.48. The summed E-state index contributed by atoms with van der Waals surface area (Å²) in [4.78, 5) is 17.8. The van der Waals surface area contributed by atoms with Crippen LogP contribution in [0.4, 0.5) is 0 Å². The second kappa shape index (κ2) is 7.08. The quantitative estimate of drug-likeness (QED) is 0.501. The molecule has 27 heavy (non-hydrogen) atoms. The zero-order valence-corrected chi connectivity index (χ0v) is 15.3. The SMILES string of the molecule is COC(=O)C(c1ccccc1)c1c(-c2ccccc2)nc2c(C)cccn12. The summed E-state index contributed by atoms with van der Waals surface area (Å²) in [5, 5.41) is 0. The average molecular weight is 356 g/mol. The standard InChI is InChI=1S/C23H20N2O2/c1-16-10-9-15-25-21(19(23(26)27-2)17-11-5-3-6-12-17)20(24-22(16)25)18-13-7-4-8-14-18/h3-15,19H,1-2H3. The van der Waals surface area contributed by atoms with Gasteiger partial charge in [-0.25, -0.2) is 4.98 Å². The number of fused-ring (bicyclic) bond motifs is 1. The second-order valence-corrected chi connectivity index (χ2v) is 6.46. The third-order valence-corrected chi connectivity index (χ3v) is 4.77. The number of imidazole rings is 1. The molecule has 2 heterocycles. The van der Waals surface area contributed by atoms with Gasteiger partial charge in [0, 0.05) is 11.8 Å². The van der Waals surface area contributed by atoms with Crippen molar-refractivity contribution in [2.75, 3.05) is 7.11 Å². The van der Waals surface area contributed by atoms with E-state index in [1.165, 1.54) is 7.11 Å². The number of benzene rings is 2. The highest BCUT2D eigenvalue weighted by molar-refractivity contribution is 5.85. The number of carbonyl (C=O) groups is 1. The zero-order valence-electron chi connectivity index (χ0n) is 15.3. The van der Waals surface area contributed by atoms with E-state index in [0.717, 1.165) is 33.7 Å². The Kier molecular flexibility index (Phi) is 4.47. The monoisotopic (exact) mass is 356 g/mol. The number of pyridine rings is 1. The third kappa shape index (κ3) is 2.99. The topological polar surface area (TPSA) is 43.6 Å². The van der Waals surface area contributed by atoms with E-state index in [1.54, 1.807) is 0 Å². The molecule has 0 aliphatic rings. The lowest BCUT2D eigenvalue weighted by molar-refractivity contribution is -0.141. The minimum Gasteiger partial charge on any atom is -0.468 e. The fraction of sp³-hybridized carbons (Fsp3) is 0.130. The van der Waals surface area contributed by atoms with Crippen molar-refractivity contribution < 1.29 is 9.53 Å². The Labute approximate surface area is 158 Å². The molecule has 2 aromatic heterocycles. The van der Waals surface area contributed by atoms with Crippen LogP contribution in [0.15, 0.2) is 79.0 Å². The smallest absolute Gasteiger partial charge is 0.319 e. The van der Waals surface area contributed by atoms with Gasteiger partial charge >= 0.3 is 5.97 Å². The Balaban J connectivity index is 2.06. The van der Waals surface area contributed by atoms with E-state index in [-0.39, 0.29) is 5.97 Å². The van der Waals surface area contributed by atoms with Crippen LogP contribution in [0.5, 0.6) is 0 Å². The highest BCUT2D eigenvalue weighted by Crippen LogP contribution is 2.35. The van der Waals surface area contributed by atoms with Crippen molar-refractivity contribution in [3.8, 4) is 11.3 Å². The van der Waals surface area contributed by atoms with Crippen molar-refractivity contribution in [3.05, 3.63) is 95.8 Å². The molecule has 4 nitrogen and oxygen atoms in total. The highest BCUT2D eigenvalue weighted by atomic mass is 16.5. The van der Waals surface area contributed by atoms with Crippen molar-refractivity contribution in [1.82, 2.24) is 9.38 Å². The van der Waals surface area contributed by atoms with Gasteiger partial charge in [0.1, 0.15) is 11.6 Å². The minimum absolute atomic E-state index is 0.304. The van der Waals surface area contributed by atoms with E-state index in [4.69, 9.17) is 9.72 Å². The molecule has 4 rings (SSSR count). The van der Waals surface area contributed by atoms with E-state index in [9.17, 15) is 4.79 Å². The van der Waals surface area contributed by atoms with E-state index in [1.807, 2.05) is 90.3 Å². The summed E-state index contributed by atoms with van der Waals surface area (Å²) in [6.45, 7) is 2.02. The summed E-state index contributed by atoms with van der Waals surface area (Å²) >= 11 is 0. The summed E-state index contributed by atoms with van der Waals surface area (Å²) in [6.07, 6.45) is 1.95. The van der Waals surface area contributed by atoms with Crippen LogP contribution in [0.3, 0.4) is 0 Å². The molecule has 0 radical (unpaired) electrons. The van der Waals surface area contributed by atoms with Gasteiger partial charge in [-0.1, -0.05) is 66.7 Å². The van der Waals surface area contributed by atoms with Crippen molar-refractivity contribution in [1.29, 1.82) is 0 Å². The van der Waals surface area contributed by atoms with Gasteiger partial charge in [-0.15, -0.1) is 0 Å². The number of nitrogens with zero attached hydrogens (tertiary/aromatic N) is 2. The first-order valence-corrected chi connectivity index (χ1v) is 8.86. The molecule has 0 spiro atoms. The molecule has 1 unspecified atom stereocenters. The van der Waals surface area contributed by atoms with Crippen molar-refractivity contribution in [3.63, 3.8) is 0 Å². The zero-order chi connectivity index (χ0) is 18.8. The lowest BCUT2D eigenvalue weighted by atomic mass is 9.92. The minimum atomic E-state index is -0.566. The molecule has 0 saturated carbocycles. The maximum Gasteiger partial charge on any atom is 0.319 e. The second-order valence-electron chi connectivity index (χ2n) is 6.46. The molecule has 1 atom stereocenters. The number of aromatic nitrogens is 2. The number of hydrogen-bond donors (Lipinski definition) is 0. The maximum atomic E-state index is 12.9. The molecule has 0 N–H and O–H groups in total. The molecule has 0 aliphatic carbocycles. The summed E-state index contributed by atoms with van der Waals surface area (Å²) < 4.78 is 7.19. The Hall–Kier alpha value is -3.40. The summed E-state index contributed by atoms with van der Waals surface area (Å²) in [7, 11) is 1.43. The molecule has 2 aromatic carbocycles. The number of aryl methyl sites for hydroxylation is 1. The van der Waals surface area contributed by atoms with Gasteiger partial charge in [-0.05, 0) is 24.1 Å². The largest absolute Gasteiger partial charge is 0.468 e. The number of hydrogen-bond acceptors (Lipinski definition) is 3. The van der Waals surface area contributed by atoms with Gasteiger partial charge in [0.25, 0.3) is 0 Å². The number of esters is 1. The molecule has 0 saturated heterocycles. The molecular weight excluding hydrogens is 336 g/mol. The summed E-state index contributed by atoms with van der Waals surface area (Å²) in [5.74, 6) is -0.870. The van der Waals surface area contributed by atoms with E-state index in [2.05, 4.69) is 0 Å². The van der Waals surface area contributed by atoms with Crippen LogP contribution < -0.4 is 0 Å². The van der Waals surface area contributed by atoms with Crippen molar-refractivity contribution in [2.24, 2.45) is 0 Å². The summed E-state index contributed by atoms with van der Waals surface area (Å²) in [5.41, 5.74) is 5.36. The Bertz CT molecular complexity index is 1090. The van der Waals surface area contributed by atoms with Crippen LogP contribution in [-0.2, 0) is 9.53 Å². The van der Waals surface area contributed by atoms with Crippen LogP contribution in [0.2, 0.25) is 0 Å². The Morgan fingerprint density at radius 3 is 2.30 bits per heavy atom. The predicted octanol–water partition coefficient (Wildman–Crippen LogP) is 4.61. The molecule has 0 fully saturated rings. The van der Waals surface area contributed by atoms with Crippen LogP contribution in [-0.4, -0.2) is 22.5 Å². The maximum absolute atomic E-state index is 12.9. The number of carbonyl (C=O) groups excluding carboxylic acids is 1. The Morgan fingerprint density at radius 1 is 0.963 bits per heavy atom. The Morgan fingerprint density at radius 2 is 1.63 bits per heavy atom. The van der Waals surface area contributed by atoms with Crippen molar-refractivity contribution >= 4 is 11.6 Å². The molecule has 0 bridgehead atoms. The lowest BCUT2D eigenvalue weighted by Gasteiger charge is -2.17. The number of rotatable bonds is 4. The number of methoxy groups -OCH3 is 1. The van der Waals surface area contributed by atoms with Crippen LogP contribution >= 0.6 is 0 Å². The van der Waals surface area contributed by atoms with Crippen LogP contribution in [0.25, 0.3) is 16.9 Å². The first kappa shape index (κ1) is 17.0. The van der Waals surface area contributed by atoms with Crippen molar-refractivity contribution in [2.45, 2.75) is 12.8 Å². The molecule has 0 aliphatic heterocycles. The average Bonchev–Trinajstić information content (AvgIpc) is 3.10. The van der Waals surface area contributed by atoms with E-state index in [0.29, 0.717) is 0 Å². The van der Waals surface area contributed by atoms with Crippen LogP contribution in [0.1, 0.15) is 22.7 Å². The fourth-order valence-electron chi connectivity index (χ4n) is 3.48. The van der Waals surface area contributed by atoms with Crippen LogP contribution in [0, 0.1) is 6.92 Å². The van der Waals surface area contributed by atoms with Gasteiger partial charge in [0.15, 0.2) is 0 Å². The normalized spacial score (nSPS) is 12.1. The first-order chi connectivity index (χ1) is 13.2. The molecule has 4 heteroatoms. The predicted molar refractivity (Wildman–Crippen MR) is 106 cm³/mol. The molecule has 4 aromatic rings. The van der Waals surface area contributed by atoms with E-state index >= 15 is 0 Å². The summed E-state index contributed by atoms with van der Waals surface area (Å²) in [6, 6.07) is 23.7. The number of ether oxygens (including phenoxy) is 1. The van der Waals surface area contributed by atoms with Gasteiger partial charge < -0.3 is 9.14 Å². The molecule has 0 amide bonds. The molecule has 134 valence electrons. The molecular formula is C23H20N2O2.